The van der Waals surface area contributed by atoms with Gasteiger partial charge in [-0.05, 0) is 18.2 Å². The van der Waals surface area contributed by atoms with Gasteiger partial charge in [-0.25, -0.2) is 0 Å². The second-order valence-corrected chi connectivity index (χ2v) is 5.14. The van der Waals surface area contributed by atoms with Gasteiger partial charge < -0.3 is 14.4 Å². The highest BCUT2D eigenvalue weighted by Gasteiger charge is 2.19. The monoisotopic (exact) mass is 305 g/mol. The first-order chi connectivity index (χ1) is 8.99. The molecule has 0 heterocycles. The predicted molar refractivity (Wildman–Crippen MR) is 76.5 cm³/mol. The minimum absolute atomic E-state index is 0.193. The van der Waals surface area contributed by atoms with Crippen LogP contribution in [0.3, 0.4) is 0 Å². The van der Waals surface area contributed by atoms with Crippen molar-refractivity contribution in [2.75, 3.05) is 34.4 Å². The number of amides is 1. The van der Waals surface area contributed by atoms with E-state index in [4.69, 9.17) is 32.7 Å². The lowest BCUT2D eigenvalue weighted by molar-refractivity contribution is 0.0778. The van der Waals surface area contributed by atoms with E-state index in [-0.39, 0.29) is 11.3 Å². The molecule has 0 spiro atoms. The fourth-order valence-corrected chi connectivity index (χ4v) is 2.17. The molecule has 6 heteroatoms. The fraction of sp³-hybridized carbons (Fsp3) is 0.462. The maximum absolute atomic E-state index is 12.3. The lowest BCUT2D eigenvalue weighted by atomic mass is 10.1. The van der Waals surface area contributed by atoms with Gasteiger partial charge >= 0.3 is 0 Å². The third kappa shape index (κ3) is 4.56. The smallest absolute Gasteiger partial charge is 0.257 e. The van der Waals surface area contributed by atoms with Gasteiger partial charge in [0.25, 0.3) is 5.91 Å². The number of hydrogen-bond donors (Lipinski definition) is 0. The summed E-state index contributed by atoms with van der Waals surface area (Å²) in [7, 11) is 4.75. The first-order valence-electron chi connectivity index (χ1n) is 5.71. The SMILES string of the molecule is COCC(Cl)CN(C)C(=O)c1cc(Cl)ccc1OC. The number of methoxy groups -OCH3 is 2. The summed E-state index contributed by atoms with van der Waals surface area (Å²) in [5, 5.41) is 0.223. The molecule has 1 aromatic carbocycles. The lowest BCUT2D eigenvalue weighted by Gasteiger charge is -2.21. The highest BCUT2D eigenvalue weighted by molar-refractivity contribution is 6.31. The normalized spacial score (nSPS) is 12.1. The average Bonchev–Trinajstić information content (AvgIpc) is 2.37. The zero-order valence-electron chi connectivity index (χ0n) is 11.2. The van der Waals surface area contributed by atoms with E-state index in [2.05, 4.69) is 0 Å². The second-order valence-electron chi connectivity index (χ2n) is 4.08. The third-order valence-electron chi connectivity index (χ3n) is 2.56. The number of rotatable bonds is 6. The highest BCUT2D eigenvalue weighted by Crippen LogP contribution is 2.24. The van der Waals surface area contributed by atoms with Gasteiger partial charge in [0, 0.05) is 25.7 Å². The van der Waals surface area contributed by atoms with E-state index in [1.54, 1.807) is 32.4 Å². The van der Waals surface area contributed by atoms with Crippen molar-refractivity contribution in [3.05, 3.63) is 28.8 Å². The second kappa shape index (κ2) is 7.58. The fourth-order valence-electron chi connectivity index (χ4n) is 1.67. The first-order valence-corrected chi connectivity index (χ1v) is 6.53. The van der Waals surface area contributed by atoms with Crippen LogP contribution < -0.4 is 4.74 Å². The quantitative estimate of drug-likeness (QED) is 0.759. The number of carbonyl (C=O) groups excluding carboxylic acids is 1. The van der Waals surface area contributed by atoms with Gasteiger partial charge in [0.15, 0.2) is 0 Å². The summed E-state index contributed by atoms with van der Waals surface area (Å²) in [5.41, 5.74) is 0.416. The Hall–Kier alpha value is -0.970. The Balaban J connectivity index is 2.84. The van der Waals surface area contributed by atoms with Crippen molar-refractivity contribution < 1.29 is 14.3 Å². The molecule has 0 aliphatic heterocycles. The summed E-state index contributed by atoms with van der Waals surface area (Å²) in [4.78, 5) is 13.8. The van der Waals surface area contributed by atoms with Crippen LogP contribution >= 0.6 is 23.2 Å². The van der Waals surface area contributed by atoms with E-state index < -0.39 is 0 Å². The van der Waals surface area contributed by atoms with Gasteiger partial charge in [-0.15, -0.1) is 11.6 Å². The highest BCUT2D eigenvalue weighted by atomic mass is 35.5. The molecule has 0 saturated carbocycles. The molecule has 106 valence electrons. The van der Waals surface area contributed by atoms with E-state index in [9.17, 15) is 4.79 Å². The van der Waals surface area contributed by atoms with Crippen molar-refractivity contribution >= 4 is 29.1 Å². The minimum Gasteiger partial charge on any atom is -0.496 e. The summed E-state index contributed by atoms with van der Waals surface area (Å²) in [5.74, 6) is 0.292. The van der Waals surface area contributed by atoms with Crippen LogP contribution in [0, 0.1) is 0 Å². The number of nitrogens with zero attached hydrogens (tertiary/aromatic N) is 1. The molecule has 0 bridgehead atoms. The van der Waals surface area contributed by atoms with E-state index in [0.29, 0.717) is 29.5 Å². The molecule has 1 aromatic rings. The molecular weight excluding hydrogens is 289 g/mol. The van der Waals surface area contributed by atoms with Crippen LogP contribution in [0.2, 0.25) is 5.02 Å². The molecule has 1 amide bonds. The topological polar surface area (TPSA) is 38.8 Å². The number of halogens is 2. The molecule has 4 nitrogen and oxygen atoms in total. The average molecular weight is 306 g/mol. The molecule has 1 rings (SSSR count). The first kappa shape index (κ1) is 16.1. The van der Waals surface area contributed by atoms with Crippen LogP contribution in [0.1, 0.15) is 10.4 Å². The predicted octanol–water partition coefficient (Wildman–Crippen LogP) is 2.67. The van der Waals surface area contributed by atoms with Crippen molar-refractivity contribution in [3.63, 3.8) is 0 Å². The largest absolute Gasteiger partial charge is 0.496 e. The zero-order valence-corrected chi connectivity index (χ0v) is 12.7. The van der Waals surface area contributed by atoms with Crippen molar-refractivity contribution in [1.82, 2.24) is 4.90 Å². The van der Waals surface area contributed by atoms with Crippen LogP contribution in [0.5, 0.6) is 5.75 Å². The molecule has 0 radical (unpaired) electrons. The number of hydrogen-bond acceptors (Lipinski definition) is 3. The number of benzene rings is 1. The van der Waals surface area contributed by atoms with E-state index in [1.807, 2.05) is 0 Å². The van der Waals surface area contributed by atoms with Gasteiger partial charge in [0.1, 0.15) is 5.75 Å². The Kier molecular flexibility index (Phi) is 6.42. The maximum atomic E-state index is 12.3. The zero-order chi connectivity index (χ0) is 14.4. The number of carbonyl (C=O) groups is 1. The minimum atomic E-state index is -0.260. The van der Waals surface area contributed by atoms with Gasteiger partial charge in [-0.2, -0.15) is 0 Å². The Morgan fingerprint density at radius 2 is 2.11 bits per heavy atom. The van der Waals surface area contributed by atoms with Crippen molar-refractivity contribution in [2.45, 2.75) is 5.38 Å². The van der Waals surface area contributed by atoms with Crippen molar-refractivity contribution in [3.8, 4) is 5.75 Å². The molecule has 0 saturated heterocycles. The molecule has 1 atom stereocenters. The standard InChI is InChI=1S/C13H17Cl2NO3/c1-16(7-10(15)8-18-2)13(17)11-6-9(14)4-5-12(11)19-3/h4-6,10H,7-8H2,1-3H3. The van der Waals surface area contributed by atoms with E-state index >= 15 is 0 Å². The third-order valence-corrected chi connectivity index (χ3v) is 3.06. The summed E-state index contributed by atoms with van der Waals surface area (Å²) in [6.07, 6.45) is 0. The Morgan fingerprint density at radius 1 is 1.42 bits per heavy atom. The Morgan fingerprint density at radius 3 is 2.68 bits per heavy atom. The van der Waals surface area contributed by atoms with E-state index in [1.165, 1.54) is 12.0 Å². The van der Waals surface area contributed by atoms with Gasteiger partial charge in [-0.3, -0.25) is 4.79 Å². The molecule has 0 aliphatic carbocycles. The molecule has 0 N–H and O–H groups in total. The van der Waals surface area contributed by atoms with Crippen LogP contribution in [0.15, 0.2) is 18.2 Å². The summed E-state index contributed by atoms with van der Waals surface area (Å²) in [6.45, 7) is 0.760. The summed E-state index contributed by atoms with van der Waals surface area (Å²) >= 11 is 11.9. The van der Waals surface area contributed by atoms with Crippen LogP contribution in [-0.2, 0) is 4.74 Å². The molecule has 1 unspecified atom stereocenters. The lowest BCUT2D eigenvalue weighted by Crippen LogP contribution is -2.34. The maximum Gasteiger partial charge on any atom is 0.257 e. The van der Waals surface area contributed by atoms with Gasteiger partial charge in [0.05, 0.1) is 24.7 Å². The molecule has 0 aliphatic rings. The molecule has 0 aromatic heterocycles. The van der Waals surface area contributed by atoms with Crippen LogP contribution in [0.25, 0.3) is 0 Å². The molecular formula is C13H17Cl2NO3. The molecule has 0 fully saturated rings. The van der Waals surface area contributed by atoms with Gasteiger partial charge in [-0.1, -0.05) is 11.6 Å². The summed E-state index contributed by atoms with van der Waals surface area (Å²) in [6, 6.07) is 4.92. The molecule has 19 heavy (non-hydrogen) atoms. The number of ether oxygens (including phenoxy) is 2. The van der Waals surface area contributed by atoms with Crippen LogP contribution in [0.4, 0.5) is 0 Å². The van der Waals surface area contributed by atoms with E-state index in [0.717, 1.165) is 0 Å². The number of alkyl halides is 1. The Bertz CT molecular complexity index is 440. The van der Waals surface area contributed by atoms with Crippen molar-refractivity contribution in [2.24, 2.45) is 0 Å². The van der Waals surface area contributed by atoms with Gasteiger partial charge in [0.2, 0.25) is 0 Å². The Labute approximate surface area is 123 Å². The van der Waals surface area contributed by atoms with Crippen molar-refractivity contribution in [1.29, 1.82) is 0 Å². The van der Waals surface area contributed by atoms with Crippen LogP contribution in [-0.4, -0.2) is 50.6 Å². The summed E-state index contributed by atoms with van der Waals surface area (Å²) < 4.78 is 10.1.